The minimum atomic E-state index is 0.437. The molecule has 1 aliphatic carbocycles. The van der Waals surface area contributed by atoms with Crippen LogP contribution in [-0.4, -0.2) is 11.2 Å². The number of fused-ring (bicyclic) bond motifs is 1. The highest BCUT2D eigenvalue weighted by Crippen LogP contribution is 2.36. The summed E-state index contributed by atoms with van der Waals surface area (Å²) in [4.78, 5) is 0. The van der Waals surface area contributed by atoms with E-state index < -0.39 is 0 Å². The van der Waals surface area contributed by atoms with E-state index in [2.05, 4.69) is 66.9 Å². The fourth-order valence-electron chi connectivity index (χ4n) is 3.24. The van der Waals surface area contributed by atoms with E-state index in [4.69, 9.17) is 12.2 Å². The van der Waals surface area contributed by atoms with Crippen molar-refractivity contribution < 1.29 is 0 Å². The van der Waals surface area contributed by atoms with Crippen molar-refractivity contribution in [2.45, 2.75) is 39.2 Å². The summed E-state index contributed by atoms with van der Waals surface area (Å²) < 4.78 is 0. The van der Waals surface area contributed by atoms with Crippen LogP contribution in [0.15, 0.2) is 42.5 Å². The van der Waals surface area contributed by atoms with Gasteiger partial charge in [0.25, 0.3) is 0 Å². The van der Waals surface area contributed by atoms with E-state index in [9.17, 15) is 0 Å². The summed E-state index contributed by atoms with van der Waals surface area (Å²) in [6.07, 6.45) is 3.65. The zero-order valence-electron chi connectivity index (χ0n) is 12.6. The average molecular weight is 298 g/mol. The molecular formula is C18H22N2S. The highest BCUT2D eigenvalue weighted by atomic mass is 32.1. The second-order valence-corrected chi connectivity index (χ2v) is 7.14. The lowest BCUT2D eigenvalue weighted by molar-refractivity contribution is 0.372. The molecule has 3 rings (SSSR count). The zero-order chi connectivity index (χ0) is 14.9. The second kappa shape index (κ2) is 5.64. The molecule has 1 fully saturated rings. The van der Waals surface area contributed by atoms with E-state index in [1.54, 1.807) is 0 Å². The van der Waals surface area contributed by atoms with Crippen LogP contribution in [0.3, 0.4) is 0 Å². The van der Waals surface area contributed by atoms with Crippen molar-refractivity contribution in [1.29, 1.82) is 0 Å². The van der Waals surface area contributed by atoms with Gasteiger partial charge in [0.15, 0.2) is 5.11 Å². The fraction of sp³-hybridized carbons (Fsp3) is 0.389. The van der Waals surface area contributed by atoms with Crippen LogP contribution in [0, 0.1) is 5.41 Å². The SMILES string of the molecule is CC1(C)CCC(NC(=S)Nc2cccc3ccccc23)C1. The molecule has 2 aromatic carbocycles. The van der Waals surface area contributed by atoms with Crippen molar-refractivity contribution in [3.05, 3.63) is 42.5 Å². The molecule has 0 aliphatic heterocycles. The van der Waals surface area contributed by atoms with Gasteiger partial charge >= 0.3 is 0 Å². The van der Waals surface area contributed by atoms with Gasteiger partial charge in [0.05, 0.1) is 0 Å². The molecule has 0 bridgehead atoms. The summed E-state index contributed by atoms with van der Waals surface area (Å²) in [5.74, 6) is 0. The largest absolute Gasteiger partial charge is 0.360 e. The second-order valence-electron chi connectivity index (χ2n) is 6.73. The first-order valence-electron chi connectivity index (χ1n) is 7.59. The summed E-state index contributed by atoms with van der Waals surface area (Å²) in [5, 5.41) is 9.99. The van der Waals surface area contributed by atoms with Crippen molar-refractivity contribution in [3.63, 3.8) is 0 Å². The van der Waals surface area contributed by atoms with Crippen LogP contribution in [0.25, 0.3) is 10.8 Å². The van der Waals surface area contributed by atoms with Gasteiger partial charge in [-0.2, -0.15) is 0 Å². The van der Waals surface area contributed by atoms with Gasteiger partial charge in [-0.1, -0.05) is 50.2 Å². The maximum atomic E-state index is 5.49. The molecule has 1 unspecified atom stereocenters. The van der Waals surface area contributed by atoms with Crippen LogP contribution < -0.4 is 10.6 Å². The van der Waals surface area contributed by atoms with Crippen molar-refractivity contribution in [2.75, 3.05) is 5.32 Å². The van der Waals surface area contributed by atoms with E-state index in [0.29, 0.717) is 11.5 Å². The van der Waals surface area contributed by atoms with Crippen molar-refractivity contribution in [1.82, 2.24) is 5.32 Å². The Bertz CT molecular complexity index is 658. The maximum Gasteiger partial charge on any atom is 0.171 e. The van der Waals surface area contributed by atoms with E-state index in [1.807, 2.05) is 0 Å². The van der Waals surface area contributed by atoms with Crippen LogP contribution in [0.4, 0.5) is 5.69 Å². The Morgan fingerprint density at radius 1 is 1.14 bits per heavy atom. The summed E-state index contributed by atoms with van der Waals surface area (Å²) in [5.41, 5.74) is 1.51. The predicted octanol–water partition coefficient (Wildman–Crippen LogP) is 4.70. The Balaban J connectivity index is 1.69. The van der Waals surface area contributed by atoms with Crippen molar-refractivity contribution >= 4 is 33.8 Å². The number of hydrogen-bond donors (Lipinski definition) is 2. The molecule has 0 radical (unpaired) electrons. The molecule has 2 nitrogen and oxygen atoms in total. The number of benzene rings is 2. The molecule has 1 saturated carbocycles. The number of thiocarbonyl (C=S) groups is 1. The molecule has 21 heavy (non-hydrogen) atoms. The quantitative estimate of drug-likeness (QED) is 0.786. The highest BCUT2D eigenvalue weighted by molar-refractivity contribution is 7.80. The van der Waals surface area contributed by atoms with Crippen LogP contribution >= 0.6 is 12.2 Å². The molecule has 3 heteroatoms. The number of nitrogens with one attached hydrogen (secondary N) is 2. The Morgan fingerprint density at radius 2 is 1.90 bits per heavy atom. The number of rotatable bonds is 2. The summed E-state index contributed by atoms with van der Waals surface area (Å²) in [7, 11) is 0. The Morgan fingerprint density at radius 3 is 2.67 bits per heavy atom. The minimum absolute atomic E-state index is 0.437. The third kappa shape index (κ3) is 3.35. The first kappa shape index (κ1) is 14.3. The van der Waals surface area contributed by atoms with Gasteiger partial charge in [-0.3, -0.25) is 0 Å². The lowest BCUT2D eigenvalue weighted by Crippen LogP contribution is -2.36. The lowest BCUT2D eigenvalue weighted by atomic mass is 9.92. The Hall–Kier alpha value is -1.61. The van der Waals surface area contributed by atoms with Crippen LogP contribution in [0.5, 0.6) is 0 Å². The first-order valence-corrected chi connectivity index (χ1v) is 8.00. The van der Waals surface area contributed by atoms with Gasteiger partial charge < -0.3 is 10.6 Å². The topological polar surface area (TPSA) is 24.1 Å². The highest BCUT2D eigenvalue weighted by Gasteiger charge is 2.31. The molecule has 0 amide bonds. The van der Waals surface area contributed by atoms with Gasteiger partial charge in [-0.25, -0.2) is 0 Å². The van der Waals surface area contributed by atoms with E-state index >= 15 is 0 Å². The summed E-state index contributed by atoms with van der Waals surface area (Å²) >= 11 is 5.49. The van der Waals surface area contributed by atoms with E-state index in [0.717, 1.165) is 10.8 Å². The average Bonchev–Trinajstić information content (AvgIpc) is 2.78. The number of hydrogen-bond acceptors (Lipinski definition) is 1. The van der Waals surface area contributed by atoms with Crippen LogP contribution in [0.2, 0.25) is 0 Å². The van der Waals surface area contributed by atoms with Gasteiger partial charge in [0.2, 0.25) is 0 Å². The molecule has 110 valence electrons. The zero-order valence-corrected chi connectivity index (χ0v) is 13.5. The van der Waals surface area contributed by atoms with Gasteiger partial charge in [-0.15, -0.1) is 0 Å². The van der Waals surface area contributed by atoms with Crippen LogP contribution in [0.1, 0.15) is 33.1 Å². The van der Waals surface area contributed by atoms with E-state index in [1.165, 1.54) is 30.0 Å². The maximum absolute atomic E-state index is 5.49. The number of anilines is 1. The minimum Gasteiger partial charge on any atom is -0.360 e. The third-order valence-corrected chi connectivity index (χ3v) is 4.56. The third-order valence-electron chi connectivity index (χ3n) is 4.34. The van der Waals surface area contributed by atoms with Gasteiger partial charge in [0.1, 0.15) is 0 Å². The fourth-order valence-corrected chi connectivity index (χ4v) is 3.51. The Labute approximate surface area is 131 Å². The molecule has 2 N–H and O–H groups in total. The van der Waals surface area contributed by atoms with Crippen molar-refractivity contribution in [3.8, 4) is 0 Å². The standard InChI is InChI=1S/C18H22N2S/c1-18(2)11-10-14(12-18)19-17(21)20-16-9-5-7-13-6-3-4-8-15(13)16/h3-9,14H,10-12H2,1-2H3,(H2,19,20,21). The monoisotopic (exact) mass is 298 g/mol. The molecular weight excluding hydrogens is 276 g/mol. The normalized spacial score (nSPS) is 20.4. The lowest BCUT2D eigenvalue weighted by Gasteiger charge is -2.20. The molecule has 1 aliphatic rings. The smallest absolute Gasteiger partial charge is 0.171 e. The Kier molecular flexibility index (Phi) is 3.85. The summed E-state index contributed by atoms with van der Waals surface area (Å²) in [6, 6.07) is 15.1. The molecule has 2 aromatic rings. The van der Waals surface area contributed by atoms with Gasteiger partial charge in [-0.05, 0) is 48.3 Å². The first-order chi connectivity index (χ1) is 10.0. The van der Waals surface area contributed by atoms with Gasteiger partial charge in [0, 0.05) is 17.1 Å². The molecule has 0 aromatic heterocycles. The predicted molar refractivity (Wildman–Crippen MR) is 94.7 cm³/mol. The van der Waals surface area contributed by atoms with Crippen LogP contribution in [-0.2, 0) is 0 Å². The van der Waals surface area contributed by atoms with E-state index in [-0.39, 0.29) is 0 Å². The summed E-state index contributed by atoms with van der Waals surface area (Å²) in [6.45, 7) is 4.66. The molecule has 0 heterocycles. The molecule has 1 atom stereocenters. The molecule has 0 saturated heterocycles. The molecule has 0 spiro atoms. The van der Waals surface area contributed by atoms with Crippen molar-refractivity contribution in [2.24, 2.45) is 5.41 Å².